The molecule has 0 bridgehead atoms. The van der Waals surface area contributed by atoms with E-state index >= 15 is 0 Å². The molecule has 8 nitrogen and oxygen atoms in total. The molecule has 1 fully saturated rings. The summed E-state index contributed by atoms with van der Waals surface area (Å²) in [5.41, 5.74) is 4.29. The van der Waals surface area contributed by atoms with Crippen molar-refractivity contribution in [1.82, 2.24) is 19.9 Å². The van der Waals surface area contributed by atoms with Crippen LogP contribution in [0.5, 0.6) is 0 Å². The Bertz CT molecular complexity index is 1430. The zero-order chi connectivity index (χ0) is 24.5. The Morgan fingerprint density at radius 3 is 2.50 bits per heavy atom. The van der Waals surface area contributed by atoms with E-state index in [1.807, 2.05) is 53.4 Å². The molecule has 8 heteroatoms. The lowest BCUT2D eigenvalue weighted by atomic mass is 9.84. The van der Waals surface area contributed by atoms with Crippen LogP contribution in [0.3, 0.4) is 0 Å². The summed E-state index contributed by atoms with van der Waals surface area (Å²) in [6.07, 6.45) is 6.74. The van der Waals surface area contributed by atoms with Crippen LogP contribution in [-0.2, 0) is 0 Å². The lowest BCUT2D eigenvalue weighted by Gasteiger charge is -2.35. The van der Waals surface area contributed by atoms with E-state index in [0.29, 0.717) is 37.3 Å². The quantitative estimate of drug-likeness (QED) is 0.467. The Morgan fingerprint density at radius 1 is 0.917 bits per heavy atom. The molecule has 1 saturated heterocycles. The van der Waals surface area contributed by atoms with Gasteiger partial charge in [-0.05, 0) is 41.5 Å². The van der Waals surface area contributed by atoms with E-state index in [4.69, 9.17) is 0 Å². The lowest BCUT2D eigenvalue weighted by molar-refractivity contribution is 0.0746. The van der Waals surface area contributed by atoms with Crippen molar-refractivity contribution in [3.63, 3.8) is 0 Å². The highest BCUT2D eigenvalue weighted by Gasteiger charge is 2.36. The number of hydrogen-bond acceptors (Lipinski definition) is 6. The Labute approximate surface area is 208 Å². The fourth-order valence-corrected chi connectivity index (χ4v) is 5.26. The third-order valence-electron chi connectivity index (χ3n) is 7.06. The third-order valence-corrected chi connectivity index (χ3v) is 7.06. The number of nitrogens with one attached hydrogen (secondary N) is 2. The SMILES string of the molecule is O=C(c1ccc2c(c1)C(c1ccccc1)C(c1ccc[nH]c1=O)N2)N1CCN(c2cnccn2)CC1. The molecule has 2 N–H and O–H groups in total. The van der Waals surface area contributed by atoms with Crippen molar-refractivity contribution in [2.75, 3.05) is 36.4 Å². The van der Waals surface area contributed by atoms with E-state index in [9.17, 15) is 9.59 Å². The molecular weight excluding hydrogens is 452 g/mol. The van der Waals surface area contributed by atoms with Gasteiger partial charge in [-0.1, -0.05) is 30.3 Å². The highest BCUT2D eigenvalue weighted by molar-refractivity contribution is 5.95. The van der Waals surface area contributed by atoms with Crippen LogP contribution in [0.4, 0.5) is 11.5 Å². The van der Waals surface area contributed by atoms with Crippen molar-refractivity contribution in [2.24, 2.45) is 0 Å². The molecular formula is C28H26N6O2. The molecule has 2 aliphatic heterocycles. The van der Waals surface area contributed by atoms with Gasteiger partial charge in [-0.2, -0.15) is 0 Å². The number of pyridine rings is 1. The number of fused-ring (bicyclic) bond motifs is 1. The molecule has 2 aliphatic rings. The van der Waals surface area contributed by atoms with Gasteiger partial charge in [0.2, 0.25) is 0 Å². The average molecular weight is 479 g/mol. The van der Waals surface area contributed by atoms with Crippen LogP contribution in [0.15, 0.2) is 90.2 Å². The van der Waals surface area contributed by atoms with Gasteiger partial charge in [0.25, 0.3) is 11.5 Å². The number of carbonyl (C=O) groups excluding carboxylic acids is 1. The summed E-state index contributed by atoms with van der Waals surface area (Å²) in [6, 6.07) is 19.5. The van der Waals surface area contributed by atoms with Crippen LogP contribution in [0.2, 0.25) is 0 Å². The summed E-state index contributed by atoms with van der Waals surface area (Å²) in [6.45, 7) is 2.66. The number of anilines is 2. The minimum atomic E-state index is -0.228. The van der Waals surface area contributed by atoms with Crippen molar-refractivity contribution in [1.29, 1.82) is 0 Å². The first kappa shape index (κ1) is 22.0. The molecule has 180 valence electrons. The Kier molecular flexibility index (Phi) is 5.69. The number of amides is 1. The first-order valence-electron chi connectivity index (χ1n) is 12.1. The molecule has 0 radical (unpaired) electrons. The molecule has 4 heterocycles. The molecule has 1 amide bonds. The van der Waals surface area contributed by atoms with E-state index in [2.05, 4.69) is 37.3 Å². The van der Waals surface area contributed by atoms with Crippen LogP contribution in [0.1, 0.15) is 39.0 Å². The van der Waals surface area contributed by atoms with E-state index in [0.717, 1.165) is 22.6 Å². The summed E-state index contributed by atoms with van der Waals surface area (Å²) in [7, 11) is 0. The predicted molar refractivity (Wildman–Crippen MR) is 138 cm³/mol. The molecule has 2 aromatic carbocycles. The van der Waals surface area contributed by atoms with Gasteiger partial charge in [0.05, 0.1) is 12.2 Å². The fourth-order valence-electron chi connectivity index (χ4n) is 5.26. The summed E-state index contributed by atoms with van der Waals surface area (Å²) < 4.78 is 0. The van der Waals surface area contributed by atoms with Crippen LogP contribution in [0.25, 0.3) is 0 Å². The number of nitrogens with zero attached hydrogens (tertiary/aromatic N) is 4. The van der Waals surface area contributed by atoms with E-state index < -0.39 is 0 Å². The second-order valence-corrected chi connectivity index (χ2v) is 9.11. The maximum atomic E-state index is 13.5. The molecule has 4 aromatic rings. The molecule has 0 aliphatic carbocycles. The molecule has 0 saturated carbocycles. The number of carbonyl (C=O) groups is 1. The second-order valence-electron chi connectivity index (χ2n) is 9.11. The third kappa shape index (κ3) is 4.00. The molecule has 2 aromatic heterocycles. The van der Waals surface area contributed by atoms with Crippen LogP contribution < -0.4 is 15.8 Å². The van der Waals surface area contributed by atoms with Gasteiger partial charge in [0.15, 0.2) is 0 Å². The summed E-state index contributed by atoms with van der Waals surface area (Å²) >= 11 is 0. The topological polar surface area (TPSA) is 94.2 Å². The summed E-state index contributed by atoms with van der Waals surface area (Å²) in [4.78, 5) is 41.5. The first-order valence-corrected chi connectivity index (χ1v) is 12.1. The second kappa shape index (κ2) is 9.30. The molecule has 2 atom stereocenters. The van der Waals surface area contributed by atoms with Crippen molar-refractivity contribution < 1.29 is 4.79 Å². The smallest absolute Gasteiger partial charge is 0.253 e. The van der Waals surface area contributed by atoms with Crippen LogP contribution in [0, 0.1) is 0 Å². The number of aromatic nitrogens is 3. The lowest BCUT2D eigenvalue weighted by Crippen LogP contribution is -2.49. The number of rotatable bonds is 4. The number of H-pyrrole nitrogens is 1. The summed E-state index contributed by atoms with van der Waals surface area (Å²) in [5.74, 6) is 0.760. The highest BCUT2D eigenvalue weighted by Crippen LogP contribution is 2.47. The van der Waals surface area contributed by atoms with Gasteiger partial charge in [-0.25, -0.2) is 4.98 Å². The van der Waals surface area contributed by atoms with Gasteiger partial charge >= 0.3 is 0 Å². The average Bonchev–Trinajstić information content (AvgIpc) is 3.32. The molecule has 36 heavy (non-hydrogen) atoms. The van der Waals surface area contributed by atoms with Crippen molar-refractivity contribution in [3.05, 3.63) is 118 Å². The van der Waals surface area contributed by atoms with E-state index in [-0.39, 0.29) is 23.4 Å². The largest absolute Gasteiger partial charge is 0.377 e. The standard InChI is InChI=1S/C28H26N6O2/c35-27-21(7-4-10-31-27)26-25(19-5-2-1-3-6-19)22-17-20(8-9-23(22)32-26)28(36)34-15-13-33(14-16-34)24-18-29-11-12-30-24/h1-12,17-18,25-26,32H,13-16H2,(H,31,35). The van der Waals surface area contributed by atoms with Crippen molar-refractivity contribution >= 4 is 17.4 Å². The van der Waals surface area contributed by atoms with Crippen LogP contribution in [-0.4, -0.2) is 51.9 Å². The predicted octanol–water partition coefficient (Wildman–Crippen LogP) is 3.43. The van der Waals surface area contributed by atoms with E-state index in [1.54, 1.807) is 24.8 Å². The monoisotopic (exact) mass is 478 g/mol. The minimum absolute atomic E-state index is 0.0180. The molecule has 0 spiro atoms. The van der Waals surface area contributed by atoms with Crippen LogP contribution >= 0.6 is 0 Å². The highest BCUT2D eigenvalue weighted by atomic mass is 16.2. The molecule has 6 rings (SSSR count). The maximum absolute atomic E-state index is 13.5. The van der Waals surface area contributed by atoms with Gasteiger partial charge in [-0.3, -0.25) is 14.6 Å². The zero-order valence-corrected chi connectivity index (χ0v) is 19.7. The van der Waals surface area contributed by atoms with Gasteiger partial charge in [0, 0.05) is 67.5 Å². The Hall–Kier alpha value is -4.46. The fraction of sp³-hybridized carbons (Fsp3) is 0.214. The van der Waals surface area contributed by atoms with Gasteiger partial charge < -0.3 is 20.1 Å². The van der Waals surface area contributed by atoms with Gasteiger partial charge in [-0.15, -0.1) is 0 Å². The Morgan fingerprint density at radius 2 is 1.75 bits per heavy atom. The summed E-state index contributed by atoms with van der Waals surface area (Å²) in [5, 5.41) is 3.55. The minimum Gasteiger partial charge on any atom is -0.377 e. The van der Waals surface area contributed by atoms with Gasteiger partial charge in [0.1, 0.15) is 5.82 Å². The van der Waals surface area contributed by atoms with E-state index in [1.165, 1.54) is 0 Å². The number of benzene rings is 2. The maximum Gasteiger partial charge on any atom is 0.253 e. The van der Waals surface area contributed by atoms with Crippen molar-refractivity contribution in [3.8, 4) is 0 Å². The van der Waals surface area contributed by atoms with Crippen molar-refractivity contribution in [2.45, 2.75) is 12.0 Å². The molecule has 2 unspecified atom stereocenters. The number of aromatic amines is 1. The zero-order valence-electron chi connectivity index (χ0n) is 19.7. The first-order chi connectivity index (χ1) is 17.7. The number of hydrogen-bond donors (Lipinski definition) is 2. The number of piperazine rings is 1. The normalized spacial score (nSPS) is 19.0. The Balaban J connectivity index is 1.28.